The summed E-state index contributed by atoms with van der Waals surface area (Å²) in [4.78, 5) is 28.5. The lowest BCUT2D eigenvalue weighted by Gasteiger charge is -2.22. The van der Waals surface area contributed by atoms with Crippen LogP contribution in [0.3, 0.4) is 0 Å². The van der Waals surface area contributed by atoms with Gasteiger partial charge in [0.05, 0.1) is 18.3 Å². The third-order valence-electron chi connectivity index (χ3n) is 4.89. The first-order chi connectivity index (χ1) is 11.5. The molecule has 0 bridgehead atoms. The first-order valence-corrected chi connectivity index (χ1v) is 8.36. The molecule has 0 radical (unpaired) electrons. The van der Waals surface area contributed by atoms with Crippen LogP contribution in [0.1, 0.15) is 13.3 Å². The minimum absolute atomic E-state index is 0.0876. The Kier molecular flexibility index (Phi) is 4.66. The second-order valence-electron chi connectivity index (χ2n) is 6.81. The Hall–Kier alpha value is -2.21. The van der Waals surface area contributed by atoms with E-state index in [1.807, 2.05) is 23.1 Å². The number of aryl methyl sites for hydroxylation is 1. The van der Waals surface area contributed by atoms with Gasteiger partial charge >= 0.3 is 0 Å². The van der Waals surface area contributed by atoms with Gasteiger partial charge < -0.3 is 9.80 Å². The van der Waals surface area contributed by atoms with E-state index < -0.39 is 0 Å². The minimum Gasteiger partial charge on any atom is -0.341 e. The summed E-state index contributed by atoms with van der Waals surface area (Å²) >= 11 is 0. The normalized spacial score (nSPS) is 20.9. The van der Waals surface area contributed by atoms with Crippen molar-refractivity contribution >= 4 is 16.8 Å². The van der Waals surface area contributed by atoms with Crippen LogP contribution in [0.15, 0.2) is 35.3 Å². The zero-order valence-electron chi connectivity index (χ0n) is 14.5. The van der Waals surface area contributed by atoms with Gasteiger partial charge in [0.1, 0.15) is 0 Å². The number of likely N-dealkylation sites (N-methyl/N-ethyl adjacent to an activating group) is 1. The van der Waals surface area contributed by atoms with Gasteiger partial charge in [-0.1, -0.05) is 19.1 Å². The third kappa shape index (κ3) is 3.19. The molecule has 0 N–H and O–H groups in total. The van der Waals surface area contributed by atoms with E-state index in [1.165, 1.54) is 6.20 Å². The zero-order valence-corrected chi connectivity index (χ0v) is 14.5. The maximum atomic E-state index is 12.5. The number of benzene rings is 1. The molecule has 1 aromatic heterocycles. The highest BCUT2D eigenvalue weighted by Gasteiger charge is 2.33. The maximum Gasteiger partial charge on any atom is 0.224 e. The fraction of sp³-hybridized carbons (Fsp3) is 0.500. The minimum atomic E-state index is -0.0876. The van der Waals surface area contributed by atoms with Crippen LogP contribution in [0.5, 0.6) is 0 Å². The third-order valence-corrected chi connectivity index (χ3v) is 4.89. The van der Waals surface area contributed by atoms with Gasteiger partial charge in [0.2, 0.25) is 11.3 Å². The molecule has 6 nitrogen and oxygen atoms in total. The number of aromatic nitrogens is 2. The average molecular weight is 328 g/mol. The molecule has 2 heterocycles. The number of nitrogens with zero attached hydrogens (tertiary/aromatic N) is 4. The lowest BCUT2D eigenvalue weighted by Crippen LogP contribution is -2.36. The van der Waals surface area contributed by atoms with Gasteiger partial charge in [0.15, 0.2) is 0 Å². The van der Waals surface area contributed by atoms with Crippen LogP contribution in [-0.4, -0.2) is 58.7 Å². The monoisotopic (exact) mass is 328 g/mol. The molecule has 2 aromatic rings. The van der Waals surface area contributed by atoms with Crippen LogP contribution in [0.4, 0.5) is 0 Å². The lowest BCUT2D eigenvalue weighted by molar-refractivity contribution is -0.130. The Morgan fingerprint density at radius 2 is 2.04 bits per heavy atom. The smallest absolute Gasteiger partial charge is 0.224 e. The quantitative estimate of drug-likeness (QED) is 0.846. The topological polar surface area (TPSA) is 58.4 Å². The molecule has 1 saturated heterocycles. The molecule has 1 amide bonds. The van der Waals surface area contributed by atoms with Crippen molar-refractivity contribution in [3.63, 3.8) is 0 Å². The molecule has 1 fully saturated rings. The number of carbonyl (C=O) groups is 1. The molecule has 1 aliphatic rings. The summed E-state index contributed by atoms with van der Waals surface area (Å²) in [5, 5.41) is 4.83. The summed E-state index contributed by atoms with van der Waals surface area (Å²) in [6, 6.07) is 7.80. The molecule has 0 saturated carbocycles. The van der Waals surface area contributed by atoms with Gasteiger partial charge in [0, 0.05) is 30.9 Å². The van der Waals surface area contributed by atoms with Crippen molar-refractivity contribution in [2.24, 2.45) is 5.92 Å². The van der Waals surface area contributed by atoms with Crippen molar-refractivity contribution in [3.8, 4) is 0 Å². The summed E-state index contributed by atoms with van der Waals surface area (Å²) in [5.74, 6) is 0.631. The SMILES string of the molecule is C[C@H]1CN(C(=O)CCn2ncc(=O)c3ccccc32)C[C@H]1N(C)C. The number of hydrogen-bond donors (Lipinski definition) is 0. The van der Waals surface area contributed by atoms with E-state index in [4.69, 9.17) is 0 Å². The molecule has 1 aromatic carbocycles. The number of likely N-dealkylation sites (tertiary alicyclic amines) is 1. The fourth-order valence-corrected chi connectivity index (χ4v) is 3.52. The molecule has 128 valence electrons. The van der Waals surface area contributed by atoms with E-state index >= 15 is 0 Å². The lowest BCUT2D eigenvalue weighted by atomic mass is 10.1. The predicted octanol–water partition coefficient (Wildman–Crippen LogP) is 1.20. The summed E-state index contributed by atoms with van der Waals surface area (Å²) in [7, 11) is 4.12. The molecular weight excluding hydrogens is 304 g/mol. The summed E-state index contributed by atoms with van der Waals surface area (Å²) in [6.07, 6.45) is 1.72. The van der Waals surface area contributed by atoms with Crippen LogP contribution in [0.25, 0.3) is 10.9 Å². The number of rotatable bonds is 4. The molecule has 1 aliphatic heterocycles. The van der Waals surface area contributed by atoms with Gasteiger partial charge in [-0.15, -0.1) is 0 Å². The van der Waals surface area contributed by atoms with E-state index in [9.17, 15) is 9.59 Å². The van der Waals surface area contributed by atoms with Crippen LogP contribution in [0, 0.1) is 5.92 Å². The Morgan fingerprint density at radius 1 is 1.29 bits per heavy atom. The van der Waals surface area contributed by atoms with E-state index in [0.717, 1.165) is 18.6 Å². The Labute approximate surface area is 141 Å². The summed E-state index contributed by atoms with van der Waals surface area (Å²) in [6.45, 7) is 4.26. The molecule has 0 aliphatic carbocycles. The van der Waals surface area contributed by atoms with Crippen LogP contribution >= 0.6 is 0 Å². The molecule has 6 heteroatoms. The highest BCUT2D eigenvalue weighted by atomic mass is 16.2. The Morgan fingerprint density at radius 3 is 2.75 bits per heavy atom. The fourth-order valence-electron chi connectivity index (χ4n) is 3.52. The molecule has 0 spiro atoms. The number of carbonyl (C=O) groups excluding carboxylic acids is 1. The van der Waals surface area contributed by atoms with Crippen molar-refractivity contribution in [3.05, 3.63) is 40.7 Å². The Balaban J connectivity index is 1.70. The maximum absolute atomic E-state index is 12.5. The van der Waals surface area contributed by atoms with Crippen LogP contribution < -0.4 is 5.43 Å². The number of para-hydroxylation sites is 1. The second-order valence-corrected chi connectivity index (χ2v) is 6.81. The van der Waals surface area contributed by atoms with E-state index in [-0.39, 0.29) is 11.3 Å². The molecule has 0 unspecified atom stereocenters. The van der Waals surface area contributed by atoms with Crippen LogP contribution in [-0.2, 0) is 11.3 Å². The standard InChI is InChI=1S/C18H24N4O2/c1-13-11-21(12-16(13)20(2)3)18(24)8-9-22-15-7-5-4-6-14(15)17(23)10-19-22/h4-7,10,13,16H,8-9,11-12H2,1-3H3/t13-,16+/m0/s1. The number of hydrogen-bond acceptors (Lipinski definition) is 4. The van der Waals surface area contributed by atoms with Crippen molar-refractivity contribution in [1.29, 1.82) is 0 Å². The van der Waals surface area contributed by atoms with E-state index in [0.29, 0.717) is 30.3 Å². The van der Waals surface area contributed by atoms with E-state index in [1.54, 1.807) is 10.7 Å². The first kappa shape index (κ1) is 16.6. The first-order valence-electron chi connectivity index (χ1n) is 8.36. The predicted molar refractivity (Wildman–Crippen MR) is 93.8 cm³/mol. The molecule has 3 rings (SSSR count). The number of fused-ring (bicyclic) bond motifs is 1. The highest BCUT2D eigenvalue weighted by molar-refractivity contribution is 5.79. The van der Waals surface area contributed by atoms with Crippen molar-refractivity contribution in [2.75, 3.05) is 27.2 Å². The average Bonchev–Trinajstić information content (AvgIpc) is 2.96. The molecule has 24 heavy (non-hydrogen) atoms. The second kappa shape index (κ2) is 6.73. The van der Waals surface area contributed by atoms with Gasteiger partial charge in [-0.3, -0.25) is 14.3 Å². The van der Waals surface area contributed by atoms with Gasteiger partial charge in [0.25, 0.3) is 0 Å². The van der Waals surface area contributed by atoms with E-state index in [2.05, 4.69) is 31.0 Å². The molecule has 2 atom stereocenters. The van der Waals surface area contributed by atoms with Crippen LogP contribution in [0.2, 0.25) is 0 Å². The highest BCUT2D eigenvalue weighted by Crippen LogP contribution is 2.20. The van der Waals surface area contributed by atoms with Gasteiger partial charge in [-0.2, -0.15) is 5.10 Å². The zero-order chi connectivity index (χ0) is 17.3. The number of amides is 1. The van der Waals surface area contributed by atoms with Crippen molar-refractivity contribution in [2.45, 2.75) is 25.9 Å². The molecular formula is C18H24N4O2. The largest absolute Gasteiger partial charge is 0.341 e. The van der Waals surface area contributed by atoms with Crippen molar-refractivity contribution < 1.29 is 4.79 Å². The Bertz CT molecular complexity index is 799. The summed E-state index contributed by atoms with van der Waals surface area (Å²) in [5.41, 5.74) is 0.689. The van der Waals surface area contributed by atoms with Crippen molar-refractivity contribution in [1.82, 2.24) is 19.6 Å². The van der Waals surface area contributed by atoms with Gasteiger partial charge in [-0.25, -0.2) is 0 Å². The summed E-state index contributed by atoms with van der Waals surface area (Å²) < 4.78 is 1.75. The van der Waals surface area contributed by atoms with Gasteiger partial charge in [-0.05, 0) is 32.1 Å².